The number of rotatable bonds is 3. The number of esters is 1. The first kappa shape index (κ1) is 14.3. The molecule has 0 saturated carbocycles. The Hall–Kier alpha value is -2.14. The van der Waals surface area contributed by atoms with Gasteiger partial charge in [-0.2, -0.15) is 0 Å². The Morgan fingerprint density at radius 1 is 1.25 bits per heavy atom. The lowest BCUT2D eigenvalue weighted by Crippen LogP contribution is -2.06. The fourth-order valence-corrected chi connectivity index (χ4v) is 1.83. The minimum absolute atomic E-state index is 0.169. The Morgan fingerprint density at radius 2 is 1.90 bits per heavy atom. The van der Waals surface area contributed by atoms with Crippen molar-refractivity contribution in [2.24, 2.45) is 0 Å². The number of ether oxygens (including phenoxy) is 2. The van der Waals surface area contributed by atoms with E-state index in [4.69, 9.17) is 21.1 Å². The maximum Gasteiger partial charge on any atom is 0.321 e. The van der Waals surface area contributed by atoms with Crippen LogP contribution in [0.2, 0.25) is 5.02 Å². The second-order valence-electron chi connectivity index (χ2n) is 4.19. The highest BCUT2D eigenvalue weighted by Crippen LogP contribution is 2.39. The fraction of sp³-hybridized carbons (Fsp3) is 0.214. The number of hydrogen-bond acceptors (Lipinski definition) is 5. The third kappa shape index (κ3) is 3.05. The van der Waals surface area contributed by atoms with Gasteiger partial charge in [0.1, 0.15) is 0 Å². The molecule has 0 unspecified atom stereocenters. The monoisotopic (exact) mass is 292 g/mol. The van der Waals surface area contributed by atoms with Crippen molar-refractivity contribution < 1.29 is 14.3 Å². The van der Waals surface area contributed by atoms with Gasteiger partial charge in [0.05, 0.1) is 5.02 Å². The van der Waals surface area contributed by atoms with Crippen LogP contribution in [0.15, 0.2) is 24.5 Å². The smallest absolute Gasteiger partial charge is 0.321 e. The maximum absolute atomic E-state index is 11.2. The van der Waals surface area contributed by atoms with Gasteiger partial charge in [-0.3, -0.25) is 4.79 Å². The molecule has 0 amide bonds. The Balaban J connectivity index is 2.47. The first-order chi connectivity index (χ1) is 9.49. The minimum atomic E-state index is -0.452. The average Bonchev–Trinajstić information content (AvgIpc) is 2.42. The summed E-state index contributed by atoms with van der Waals surface area (Å²) >= 11 is 6.16. The van der Waals surface area contributed by atoms with Crippen molar-refractivity contribution in [3.8, 4) is 17.5 Å². The summed E-state index contributed by atoms with van der Waals surface area (Å²) in [6.45, 7) is 4.91. The van der Waals surface area contributed by atoms with E-state index in [0.29, 0.717) is 16.3 Å². The fourth-order valence-electron chi connectivity index (χ4n) is 1.69. The zero-order valence-electron chi connectivity index (χ0n) is 11.3. The largest absolute Gasteiger partial charge is 0.422 e. The van der Waals surface area contributed by atoms with Crippen molar-refractivity contribution in [1.29, 1.82) is 0 Å². The van der Waals surface area contributed by atoms with Crippen molar-refractivity contribution in [3.63, 3.8) is 0 Å². The van der Waals surface area contributed by atoms with Gasteiger partial charge in [0.2, 0.25) is 0 Å². The minimum Gasteiger partial charge on any atom is -0.422 e. The Morgan fingerprint density at radius 3 is 2.50 bits per heavy atom. The molecule has 0 aliphatic rings. The number of aromatic nitrogens is 2. The standard InChI is InChI=1S/C14H13ClN2O3/c1-8-7-11(20-14-16-5-4-6-17-14)13(19-10(3)18)9(2)12(8)15/h4-7H,1-3H3. The summed E-state index contributed by atoms with van der Waals surface area (Å²) in [7, 11) is 0. The van der Waals surface area contributed by atoms with Gasteiger partial charge in [-0.1, -0.05) is 11.6 Å². The van der Waals surface area contributed by atoms with E-state index >= 15 is 0 Å². The van der Waals surface area contributed by atoms with E-state index in [1.54, 1.807) is 31.5 Å². The Bertz CT molecular complexity index is 645. The normalized spacial score (nSPS) is 10.2. The average molecular weight is 293 g/mol. The van der Waals surface area contributed by atoms with Crippen molar-refractivity contribution >= 4 is 17.6 Å². The van der Waals surface area contributed by atoms with Gasteiger partial charge in [-0.25, -0.2) is 9.97 Å². The van der Waals surface area contributed by atoms with Crippen molar-refractivity contribution in [2.75, 3.05) is 0 Å². The van der Waals surface area contributed by atoms with Gasteiger partial charge in [-0.05, 0) is 31.5 Å². The number of carbonyl (C=O) groups excluding carboxylic acids is 1. The SMILES string of the molecule is CC(=O)Oc1c(Oc2ncccn2)cc(C)c(Cl)c1C. The molecular weight excluding hydrogens is 280 g/mol. The van der Waals surface area contributed by atoms with E-state index in [0.717, 1.165) is 5.56 Å². The number of nitrogens with zero attached hydrogens (tertiary/aromatic N) is 2. The van der Waals surface area contributed by atoms with Crippen LogP contribution in [0.1, 0.15) is 18.1 Å². The van der Waals surface area contributed by atoms with Crippen LogP contribution in [0.25, 0.3) is 0 Å². The highest BCUT2D eigenvalue weighted by molar-refractivity contribution is 6.32. The van der Waals surface area contributed by atoms with Crippen molar-refractivity contribution in [3.05, 3.63) is 40.7 Å². The molecule has 20 heavy (non-hydrogen) atoms. The van der Waals surface area contributed by atoms with E-state index in [-0.39, 0.29) is 11.8 Å². The second kappa shape index (κ2) is 5.88. The summed E-state index contributed by atoms with van der Waals surface area (Å²) in [5.74, 6) is 0.179. The van der Waals surface area contributed by atoms with Gasteiger partial charge >= 0.3 is 12.0 Å². The maximum atomic E-state index is 11.2. The van der Waals surface area contributed by atoms with E-state index in [9.17, 15) is 4.79 Å². The van der Waals surface area contributed by atoms with Crippen LogP contribution in [0.3, 0.4) is 0 Å². The molecule has 0 aliphatic heterocycles. The third-order valence-corrected chi connectivity index (χ3v) is 3.16. The molecule has 0 radical (unpaired) electrons. The van der Waals surface area contributed by atoms with Gasteiger partial charge in [0.25, 0.3) is 0 Å². The van der Waals surface area contributed by atoms with Crippen LogP contribution < -0.4 is 9.47 Å². The number of hydrogen-bond donors (Lipinski definition) is 0. The van der Waals surface area contributed by atoms with Crippen LogP contribution in [0.4, 0.5) is 0 Å². The summed E-state index contributed by atoms with van der Waals surface area (Å²) in [6.07, 6.45) is 3.12. The molecule has 5 nitrogen and oxygen atoms in total. The van der Waals surface area contributed by atoms with Crippen LogP contribution in [-0.4, -0.2) is 15.9 Å². The van der Waals surface area contributed by atoms with Crippen molar-refractivity contribution in [2.45, 2.75) is 20.8 Å². The summed E-state index contributed by atoms with van der Waals surface area (Å²) in [6, 6.07) is 3.53. The van der Waals surface area contributed by atoms with Gasteiger partial charge in [0, 0.05) is 24.9 Å². The molecule has 0 aliphatic carbocycles. The second-order valence-corrected chi connectivity index (χ2v) is 4.56. The number of aryl methyl sites for hydroxylation is 1. The van der Waals surface area contributed by atoms with E-state index < -0.39 is 5.97 Å². The van der Waals surface area contributed by atoms with Crippen LogP contribution in [-0.2, 0) is 4.79 Å². The molecule has 2 aromatic rings. The topological polar surface area (TPSA) is 61.3 Å². The molecular formula is C14H13ClN2O3. The molecule has 1 aromatic heterocycles. The van der Waals surface area contributed by atoms with E-state index in [1.165, 1.54) is 6.92 Å². The first-order valence-electron chi connectivity index (χ1n) is 5.92. The van der Waals surface area contributed by atoms with E-state index in [2.05, 4.69) is 9.97 Å². The van der Waals surface area contributed by atoms with Gasteiger partial charge in [0.15, 0.2) is 11.5 Å². The predicted octanol–water partition coefficient (Wildman–Crippen LogP) is 3.46. The Labute approximate surface area is 121 Å². The molecule has 0 N–H and O–H groups in total. The molecule has 0 saturated heterocycles. The van der Waals surface area contributed by atoms with Crippen molar-refractivity contribution in [1.82, 2.24) is 9.97 Å². The number of carbonyl (C=O) groups is 1. The molecule has 6 heteroatoms. The Kier molecular flexibility index (Phi) is 4.20. The van der Waals surface area contributed by atoms with Crippen LogP contribution >= 0.6 is 11.6 Å². The third-order valence-electron chi connectivity index (χ3n) is 2.58. The highest BCUT2D eigenvalue weighted by atomic mass is 35.5. The summed E-state index contributed by atoms with van der Waals surface area (Å²) < 4.78 is 10.7. The molecule has 2 rings (SSSR count). The molecule has 0 fully saturated rings. The van der Waals surface area contributed by atoms with Gasteiger partial charge < -0.3 is 9.47 Å². The zero-order chi connectivity index (χ0) is 14.7. The molecule has 0 bridgehead atoms. The van der Waals surface area contributed by atoms with E-state index in [1.807, 2.05) is 6.92 Å². The first-order valence-corrected chi connectivity index (χ1v) is 6.30. The predicted molar refractivity (Wildman–Crippen MR) is 74.3 cm³/mol. The lowest BCUT2D eigenvalue weighted by molar-refractivity contribution is -0.132. The van der Waals surface area contributed by atoms with Gasteiger partial charge in [-0.15, -0.1) is 0 Å². The number of halogens is 1. The molecule has 104 valence electrons. The summed E-state index contributed by atoms with van der Waals surface area (Å²) in [4.78, 5) is 19.2. The zero-order valence-corrected chi connectivity index (χ0v) is 12.1. The van der Waals surface area contributed by atoms with Crippen LogP contribution in [0.5, 0.6) is 17.5 Å². The molecule has 1 aromatic carbocycles. The highest BCUT2D eigenvalue weighted by Gasteiger charge is 2.17. The molecule has 0 atom stereocenters. The van der Waals surface area contributed by atoms with Crippen LogP contribution in [0, 0.1) is 13.8 Å². The molecule has 0 spiro atoms. The lowest BCUT2D eigenvalue weighted by Gasteiger charge is -2.14. The summed E-state index contributed by atoms with van der Waals surface area (Å²) in [5.41, 5.74) is 1.44. The molecule has 1 heterocycles. The quantitative estimate of drug-likeness (QED) is 0.640. The lowest BCUT2D eigenvalue weighted by atomic mass is 10.1. The summed E-state index contributed by atoms with van der Waals surface area (Å²) in [5, 5.41) is 0.530. The number of benzene rings is 1.